The Morgan fingerprint density at radius 3 is 1.68 bits per heavy atom. The van der Waals surface area contributed by atoms with E-state index in [1.165, 1.54) is 0 Å². The van der Waals surface area contributed by atoms with E-state index in [9.17, 15) is 14.7 Å². The van der Waals surface area contributed by atoms with Gasteiger partial charge < -0.3 is 24.1 Å². The molecule has 0 aliphatic heterocycles. The fourth-order valence-corrected chi connectivity index (χ4v) is 1.83. The summed E-state index contributed by atoms with van der Waals surface area (Å²) < 4.78 is 21.2. The molecule has 0 spiro atoms. The molecule has 0 aromatic heterocycles. The summed E-state index contributed by atoms with van der Waals surface area (Å²) in [6.45, 7) is 14.5. The number of aliphatic hydroxyl groups excluding tert-OH is 1. The summed E-state index contributed by atoms with van der Waals surface area (Å²) in [5.41, 5.74) is -0.890. The van der Waals surface area contributed by atoms with Crippen LogP contribution in [0.1, 0.15) is 74.7 Å². The molecule has 0 aromatic carbocycles. The molecule has 25 heavy (non-hydrogen) atoms. The van der Waals surface area contributed by atoms with E-state index in [4.69, 9.17) is 18.9 Å². The summed E-state index contributed by atoms with van der Waals surface area (Å²) in [5, 5.41) is 9.81. The smallest absolute Gasteiger partial charge is 0.337 e. The number of hydrogen-bond acceptors (Lipinski definition) is 7. The topological polar surface area (TPSA) is 91.3 Å². The number of rotatable bonds is 11. The van der Waals surface area contributed by atoms with Crippen LogP contribution in [0.4, 0.5) is 0 Å². The average Bonchev–Trinajstić information content (AvgIpc) is 2.45. The van der Waals surface area contributed by atoms with Crippen LogP contribution in [0.15, 0.2) is 0 Å². The van der Waals surface area contributed by atoms with Gasteiger partial charge in [0.25, 0.3) is 0 Å². The summed E-state index contributed by atoms with van der Waals surface area (Å²) in [4.78, 5) is 23.6. The van der Waals surface area contributed by atoms with Gasteiger partial charge in [-0.3, -0.25) is 4.79 Å². The Balaban J connectivity index is 4.36. The zero-order valence-electron chi connectivity index (χ0n) is 16.8. The first-order valence-corrected chi connectivity index (χ1v) is 8.75. The van der Waals surface area contributed by atoms with E-state index in [1.54, 1.807) is 13.8 Å². The third kappa shape index (κ3) is 10.4. The SMILES string of the molecule is CCC(C)(C)OC(C)OC(=O)CC(O)C(=O)OC(C)OC(C)(C)CC. The van der Waals surface area contributed by atoms with Crippen LogP contribution in [0.2, 0.25) is 0 Å². The maximum atomic E-state index is 11.8. The van der Waals surface area contributed by atoms with Gasteiger partial charge in [0.15, 0.2) is 6.10 Å². The molecule has 0 aliphatic carbocycles. The van der Waals surface area contributed by atoms with E-state index < -0.39 is 48.2 Å². The number of carbonyl (C=O) groups is 2. The normalized spacial score (nSPS) is 16.0. The molecular formula is C18H34O7. The van der Waals surface area contributed by atoms with E-state index in [1.807, 2.05) is 41.5 Å². The van der Waals surface area contributed by atoms with Crippen LogP contribution in [0.3, 0.4) is 0 Å². The lowest BCUT2D eigenvalue weighted by Gasteiger charge is -2.28. The largest absolute Gasteiger partial charge is 0.436 e. The van der Waals surface area contributed by atoms with E-state index in [0.717, 1.165) is 12.8 Å². The van der Waals surface area contributed by atoms with E-state index in [-0.39, 0.29) is 0 Å². The second kappa shape index (κ2) is 10.1. The van der Waals surface area contributed by atoms with Gasteiger partial charge in [0.2, 0.25) is 12.6 Å². The molecule has 3 atom stereocenters. The minimum absolute atomic E-state index is 0.434. The van der Waals surface area contributed by atoms with Crippen molar-refractivity contribution in [2.75, 3.05) is 0 Å². The highest BCUT2D eigenvalue weighted by Gasteiger charge is 2.28. The van der Waals surface area contributed by atoms with Crippen LogP contribution >= 0.6 is 0 Å². The molecule has 1 N–H and O–H groups in total. The number of carbonyl (C=O) groups excluding carboxylic acids is 2. The second-order valence-electron chi connectivity index (χ2n) is 7.24. The van der Waals surface area contributed by atoms with E-state index in [2.05, 4.69) is 0 Å². The lowest BCUT2D eigenvalue weighted by atomic mass is 10.1. The Kier molecular flexibility index (Phi) is 9.61. The predicted octanol–water partition coefficient (Wildman–Crippen LogP) is 2.93. The van der Waals surface area contributed by atoms with Gasteiger partial charge in [0.1, 0.15) is 0 Å². The summed E-state index contributed by atoms with van der Waals surface area (Å²) in [5.74, 6) is -1.68. The summed E-state index contributed by atoms with van der Waals surface area (Å²) >= 11 is 0. The second-order valence-corrected chi connectivity index (χ2v) is 7.24. The number of hydrogen-bond donors (Lipinski definition) is 1. The van der Waals surface area contributed by atoms with Gasteiger partial charge in [0, 0.05) is 0 Å². The first kappa shape index (κ1) is 23.8. The zero-order valence-corrected chi connectivity index (χ0v) is 16.8. The maximum absolute atomic E-state index is 11.8. The van der Waals surface area contributed by atoms with Gasteiger partial charge >= 0.3 is 11.9 Å². The summed E-state index contributed by atoms with van der Waals surface area (Å²) in [6.07, 6.45) is -2.26. The van der Waals surface area contributed by atoms with Crippen molar-refractivity contribution in [1.82, 2.24) is 0 Å². The van der Waals surface area contributed by atoms with Crippen LogP contribution in [-0.2, 0) is 28.5 Å². The van der Waals surface area contributed by atoms with Crippen molar-refractivity contribution in [1.29, 1.82) is 0 Å². The number of ether oxygens (including phenoxy) is 4. The summed E-state index contributed by atoms with van der Waals surface area (Å²) in [7, 11) is 0. The fourth-order valence-electron chi connectivity index (χ4n) is 1.83. The Hall–Kier alpha value is -1.18. The van der Waals surface area contributed by atoms with Crippen molar-refractivity contribution in [3.8, 4) is 0 Å². The molecule has 0 saturated carbocycles. The Bertz CT molecular complexity index is 431. The molecule has 0 radical (unpaired) electrons. The van der Waals surface area contributed by atoms with Gasteiger partial charge in [-0.1, -0.05) is 13.8 Å². The number of esters is 2. The monoisotopic (exact) mass is 362 g/mol. The molecule has 0 heterocycles. The molecular weight excluding hydrogens is 328 g/mol. The third-order valence-electron chi connectivity index (χ3n) is 3.88. The minimum atomic E-state index is -1.62. The Morgan fingerprint density at radius 2 is 1.28 bits per heavy atom. The molecule has 0 aromatic rings. The van der Waals surface area contributed by atoms with Crippen LogP contribution < -0.4 is 0 Å². The quantitative estimate of drug-likeness (QED) is 0.446. The molecule has 0 aliphatic rings. The van der Waals surface area contributed by atoms with Gasteiger partial charge in [-0.2, -0.15) is 0 Å². The zero-order chi connectivity index (χ0) is 19.8. The average molecular weight is 362 g/mol. The van der Waals surface area contributed by atoms with E-state index >= 15 is 0 Å². The molecule has 0 saturated heterocycles. The molecule has 3 unspecified atom stereocenters. The molecule has 148 valence electrons. The van der Waals surface area contributed by atoms with Crippen molar-refractivity contribution in [3.05, 3.63) is 0 Å². The van der Waals surface area contributed by atoms with Crippen LogP contribution in [0.5, 0.6) is 0 Å². The van der Waals surface area contributed by atoms with Gasteiger partial charge in [-0.05, 0) is 54.4 Å². The molecule has 0 bridgehead atoms. The highest BCUT2D eigenvalue weighted by atomic mass is 16.7. The first-order valence-electron chi connectivity index (χ1n) is 8.75. The highest BCUT2D eigenvalue weighted by molar-refractivity contribution is 5.81. The molecule has 7 nitrogen and oxygen atoms in total. The Labute approximate surface area is 151 Å². The van der Waals surface area contributed by atoms with Gasteiger partial charge in [-0.25, -0.2) is 4.79 Å². The predicted molar refractivity (Wildman–Crippen MR) is 92.6 cm³/mol. The van der Waals surface area contributed by atoms with Crippen molar-refractivity contribution in [2.24, 2.45) is 0 Å². The van der Waals surface area contributed by atoms with Crippen molar-refractivity contribution >= 4 is 11.9 Å². The van der Waals surface area contributed by atoms with Crippen LogP contribution in [0, 0.1) is 0 Å². The van der Waals surface area contributed by atoms with Crippen molar-refractivity contribution in [3.63, 3.8) is 0 Å². The minimum Gasteiger partial charge on any atom is -0.436 e. The van der Waals surface area contributed by atoms with Crippen molar-refractivity contribution < 1.29 is 33.6 Å². The standard InChI is InChI=1S/C18H34O7/c1-9-17(5,6)24-12(3)22-15(20)11-14(19)16(21)23-13(4)25-18(7,8)10-2/h12-14,19H,9-11H2,1-8H3. The lowest BCUT2D eigenvalue weighted by molar-refractivity contribution is -0.213. The maximum Gasteiger partial charge on any atom is 0.337 e. The molecule has 7 heteroatoms. The van der Waals surface area contributed by atoms with Gasteiger partial charge in [-0.15, -0.1) is 0 Å². The van der Waals surface area contributed by atoms with Crippen LogP contribution in [0.25, 0.3) is 0 Å². The van der Waals surface area contributed by atoms with Crippen LogP contribution in [-0.4, -0.2) is 46.9 Å². The summed E-state index contributed by atoms with van der Waals surface area (Å²) in [6, 6.07) is 0. The number of aliphatic hydroxyl groups is 1. The van der Waals surface area contributed by atoms with E-state index in [0.29, 0.717) is 0 Å². The Morgan fingerprint density at radius 1 is 0.880 bits per heavy atom. The lowest BCUT2D eigenvalue weighted by Crippen LogP contribution is -2.36. The fraction of sp³-hybridized carbons (Fsp3) is 0.889. The molecule has 0 rings (SSSR count). The highest BCUT2D eigenvalue weighted by Crippen LogP contribution is 2.18. The molecule has 0 fully saturated rings. The van der Waals surface area contributed by atoms with Gasteiger partial charge in [0.05, 0.1) is 17.6 Å². The first-order chi connectivity index (χ1) is 11.3. The van der Waals surface area contributed by atoms with Crippen molar-refractivity contribution in [2.45, 2.75) is 105 Å². The third-order valence-corrected chi connectivity index (χ3v) is 3.88. The molecule has 0 amide bonds.